The lowest BCUT2D eigenvalue weighted by molar-refractivity contribution is 0.206. The quantitative estimate of drug-likeness (QED) is 0.430. The molecule has 140 valence electrons. The lowest BCUT2D eigenvalue weighted by Gasteiger charge is -2.32. The van der Waals surface area contributed by atoms with Gasteiger partial charge in [0.25, 0.3) is 0 Å². The van der Waals surface area contributed by atoms with Crippen LogP contribution in [0.4, 0.5) is 4.39 Å². The van der Waals surface area contributed by atoms with Gasteiger partial charge in [0, 0.05) is 31.7 Å². The topological polar surface area (TPSA) is 48.9 Å². The number of benzene rings is 1. The minimum Gasteiger partial charge on any atom is -0.492 e. The maximum absolute atomic E-state index is 13.1. The molecular weight excluding hydrogens is 319 g/mol. The number of rotatable bonds is 8. The molecule has 0 amide bonds. The zero-order chi connectivity index (χ0) is 17.9. The summed E-state index contributed by atoms with van der Waals surface area (Å²) in [5.74, 6) is 1.08. The second-order valence-corrected chi connectivity index (χ2v) is 6.33. The summed E-state index contributed by atoms with van der Waals surface area (Å²) >= 11 is 0. The number of ether oxygens (including phenoxy) is 1. The molecule has 25 heavy (non-hydrogen) atoms. The molecule has 1 fully saturated rings. The zero-order valence-corrected chi connectivity index (χ0v) is 15.4. The number of nitrogens with zero attached hydrogens (tertiary/aromatic N) is 2. The van der Waals surface area contributed by atoms with Crippen LogP contribution in [0.15, 0.2) is 29.3 Å². The van der Waals surface area contributed by atoms with Crippen molar-refractivity contribution < 1.29 is 9.13 Å². The number of guanidine groups is 1. The highest BCUT2D eigenvalue weighted by Gasteiger charge is 2.19. The Hall–Kier alpha value is -1.82. The highest BCUT2D eigenvalue weighted by molar-refractivity contribution is 5.80. The maximum Gasteiger partial charge on any atom is 0.191 e. The Bertz CT molecular complexity index is 530. The Morgan fingerprint density at radius 2 is 2.12 bits per heavy atom. The van der Waals surface area contributed by atoms with Crippen molar-refractivity contribution in [1.82, 2.24) is 15.5 Å². The van der Waals surface area contributed by atoms with Gasteiger partial charge < -0.3 is 20.3 Å². The summed E-state index contributed by atoms with van der Waals surface area (Å²) in [4.78, 5) is 7.09. The average molecular weight is 350 g/mol. The summed E-state index contributed by atoms with van der Waals surface area (Å²) in [6, 6.07) is 6.65. The number of halogens is 1. The van der Waals surface area contributed by atoms with Crippen LogP contribution in [0.5, 0.6) is 5.75 Å². The van der Waals surface area contributed by atoms with Crippen molar-refractivity contribution in [3.63, 3.8) is 0 Å². The lowest BCUT2D eigenvalue weighted by Crippen LogP contribution is -2.48. The Balaban J connectivity index is 1.74. The number of piperidine rings is 1. The molecular formula is C19H31FN4O. The minimum absolute atomic E-state index is 0.287. The Morgan fingerprint density at radius 1 is 1.32 bits per heavy atom. The molecule has 1 aromatic rings. The first-order valence-corrected chi connectivity index (χ1v) is 9.36. The lowest BCUT2D eigenvalue weighted by atomic mass is 10.1. The third-order valence-corrected chi connectivity index (χ3v) is 4.24. The normalized spacial score (nSPS) is 16.7. The van der Waals surface area contributed by atoms with Gasteiger partial charge in [-0.05, 0) is 44.9 Å². The van der Waals surface area contributed by atoms with E-state index in [1.165, 1.54) is 25.1 Å². The molecule has 0 aromatic heterocycles. The first-order valence-electron chi connectivity index (χ1n) is 9.36. The standard InChI is InChI=1S/C19H31FN4O/c1-3-11-24-12-8-17(9-13-24)23-19(21-4-2)22-10-14-25-18-7-5-6-16(20)15-18/h5-7,15,17H,3-4,8-14H2,1-2H3,(H2,21,22,23). The monoisotopic (exact) mass is 350 g/mol. The fourth-order valence-electron chi connectivity index (χ4n) is 3.01. The van der Waals surface area contributed by atoms with E-state index in [1.807, 2.05) is 0 Å². The molecule has 5 nitrogen and oxygen atoms in total. The van der Waals surface area contributed by atoms with Crippen LogP contribution in [0.1, 0.15) is 33.1 Å². The highest BCUT2D eigenvalue weighted by Crippen LogP contribution is 2.12. The highest BCUT2D eigenvalue weighted by atomic mass is 19.1. The Morgan fingerprint density at radius 3 is 2.80 bits per heavy atom. The first kappa shape index (κ1) is 19.5. The van der Waals surface area contributed by atoms with E-state index in [9.17, 15) is 4.39 Å². The molecule has 0 unspecified atom stereocenters. The SMILES string of the molecule is CCCN1CCC(NC(=NCCOc2cccc(F)c2)NCC)CC1. The van der Waals surface area contributed by atoms with Crippen molar-refractivity contribution >= 4 is 5.96 Å². The van der Waals surface area contributed by atoms with Crippen LogP contribution in [0, 0.1) is 5.82 Å². The maximum atomic E-state index is 13.1. The molecule has 0 radical (unpaired) electrons. The van der Waals surface area contributed by atoms with E-state index in [4.69, 9.17) is 4.74 Å². The van der Waals surface area contributed by atoms with E-state index < -0.39 is 0 Å². The van der Waals surface area contributed by atoms with Crippen molar-refractivity contribution in [2.24, 2.45) is 4.99 Å². The van der Waals surface area contributed by atoms with Crippen molar-refractivity contribution in [2.75, 3.05) is 39.3 Å². The van der Waals surface area contributed by atoms with Crippen LogP contribution in [0.3, 0.4) is 0 Å². The zero-order valence-electron chi connectivity index (χ0n) is 15.4. The summed E-state index contributed by atoms with van der Waals surface area (Å²) < 4.78 is 18.6. The van der Waals surface area contributed by atoms with Gasteiger partial charge in [-0.1, -0.05) is 13.0 Å². The van der Waals surface area contributed by atoms with Gasteiger partial charge in [0.15, 0.2) is 5.96 Å². The summed E-state index contributed by atoms with van der Waals surface area (Å²) in [5, 5.41) is 6.81. The van der Waals surface area contributed by atoms with Gasteiger partial charge in [-0.3, -0.25) is 0 Å². The van der Waals surface area contributed by atoms with E-state index >= 15 is 0 Å². The van der Waals surface area contributed by atoms with E-state index in [1.54, 1.807) is 12.1 Å². The molecule has 1 aromatic carbocycles. The molecule has 1 aliphatic rings. The molecule has 6 heteroatoms. The summed E-state index contributed by atoms with van der Waals surface area (Å²) in [7, 11) is 0. The third-order valence-electron chi connectivity index (χ3n) is 4.24. The predicted octanol–water partition coefficient (Wildman–Crippen LogP) is 2.63. The summed E-state index contributed by atoms with van der Waals surface area (Å²) in [6.45, 7) is 9.55. The van der Waals surface area contributed by atoms with Crippen molar-refractivity contribution in [2.45, 2.75) is 39.2 Å². The van der Waals surface area contributed by atoms with Gasteiger partial charge in [-0.25, -0.2) is 9.38 Å². The number of aliphatic imine (C=N–C) groups is 1. The molecule has 0 aliphatic carbocycles. The van der Waals surface area contributed by atoms with Gasteiger partial charge in [0.05, 0.1) is 6.54 Å². The fraction of sp³-hybridized carbons (Fsp3) is 0.632. The molecule has 0 spiro atoms. The van der Waals surface area contributed by atoms with E-state index in [0.717, 1.165) is 38.4 Å². The second-order valence-electron chi connectivity index (χ2n) is 6.33. The van der Waals surface area contributed by atoms with Gasteiger partial charge in [-0.15, -0.1) is 0 Å². The third kappa shape index (κ3) is 7.30. The fourth-order valence-corrected chi connectivity index (χ4v) is 3.01. The van der Waals surface area contributed by atoms with E-state index in [2.05, 4.69) is 34.4 Å². The van der Waals surface area contributed by atoms with Crippen LogP contribution in [0.25, 0.3) is 0 Å². The molecule has 2 N–H and O–H groups in total. The van der Waals surface area contributed by atoms with Crippen molar-refractivity contribution in [3.8, 4) is 5.75 Å². The average Bonchev–Trinajstić information content (AvgIpc) is 2.61. The van der Waals surface area contributed by atoms with Gasteiger partial charge in [-0.2, -0.15) is 0 Å². The van der Waals surface area contributed by atoms with Gasteiger partial charge >= 0.3 is 0 Å². The van der Waals surface area contributed by atoms with E-state index in [0.29, 0.717) is 24.9 Å². The van der Waals surface area contributed by atoms with Crippen LogP contribution in [-0.4, -0.2) is 56.2 Å². The smallest absolute Gasteiger partial charge is 0.191 e. The molecule has 1 aliphatic heterocycles. The molecule has 0 saturated carbocycles. The van der Waals surface area contributed by atoms with Crippen LogP contribution < -0.4 is 15.4 Å². The molecule has 1 saturated heterocycles. The molecule has 0 bridgehead atoms. The van der Waals surface area contributed by atoms with Gasteiger partial charge in [0.2, 0.25) is 0 Å². The van der Waals surface area contributed by atoms with Crippen LogP contribution >= 0.6 is 0 Å². The number of hydrogen-bond donors (Lipinski definition) is 2. The van der Waals surface area contributed by atoms with E-state index in [-0.39, 0.29) is 5.82 Å². The minimum atomic E-state index is -0.287. The van der Waals surface area contributed by atoms with Crippen LogP contribution in [0.2, 0.25) is 0 Å². The predicted molar refractivity (Wildman–Crippen MR) is 101 cm³/mol. The van der Waals surface area contributed by atoms with Crippen LogP contribution in [-0.2, 0) is 0 Å². The first-order chi connectivity index (χ1) is 12.2. The van der Waals surface area contributed by atoms with Gasteiger partial charge in [0.1, 0.15) is 18.2 Å². The summed E-state index contributed by atoms with van der Waals surface area (Å²) in [5.41, 5.74) is 0. The van der Waals surface area contributed by atoms with Crippen molar-refractivity contribution in [3.05, 3.63) is 30.1 Å². The Labute approximate surface area is 150 Å². The number of nitrogens with one attached hydrogen (secondary N) is 2. The molecule has 0 atom stereocenters. The number of likely N-dealkylation sites (tertiary alicyclic amines) is 1. The molecule has 1 heterocycles. The Kier molecular flexibility index (Phi) is 8.52. The second kappa shape index (κ2) is 10.9. The van der Waals surface area contributed by atoms with Crippen molar-refractivity contribution in [1.29, 1.82) is 0 Å². The number of hydrogen-bond acceptors (Lipinski definition) is 3. The summed E-state index contributed by atoms with van der Waals surface area (Å²) in [6.07, 6.45) is 3.50. The largest absolute Gasteiger partial charge is 0.492 e. The molecule has 2 rings (SSSR count).